The Morgan fingerprint density at radius 1 is 1.50 bits per heavy atom. The lowest BCUT2D eigenvalue weighted by molar-refractivity contribution is 0.594. The highest BCUT2D eigenvalue weighted by Gasteiger charge is 2.28. The van der Waals surface area contributed by atoms with Gasteiger partial charge < -0.3 is 5.73 Å². The van der Waals surface area contributed by atoms with E-state index in [0.29, 0.717) is 5.25 Å². The van der Waals surface area contributed by atoms with Gasteiger partial charge in [0.05, 0.1) is 16.4 Å². The first kappa shape index (κ1) is 14.0. The minimum atomic E-state index is 0.0831. The van der Waals surface area contributed by atoms with Crippen LogP contribution in [0.15, 0.2) is 29.2 Å². The molecule has 0 bridgehead atoms. The van der Waals surface area contributed by atoms with E-state index in [-0.39, 0.29) is 6.04 Å². The first-order valence-electron chi connectivity index (χ1n) is 6.74. The second-order valence-electron chi connectivity index (χ2n) is 5.31. The minimum Gasteiger partial charge on any atom is -0.326 e. The van der Waals surface area contributed by atoms with Crippen molar-refractivity contribution in [2.75, 3.05) is 0 Å². The fraction of sp³-hybridized carbons (Fsp3) is 0.400. The van der Waals surface area contributed by atoms with E-state index in [1.54, 1.807) is 0 Å². The van der Waals surface area contributed by atoms with Crippen molar-refractivity contribution in [2.24, 2.45) is 12.8 Å². The van der Waals surface area contributed by atoms with Crippen molar-refractivity contribution in [1.82, 2.24) is 9.78 Å². The molecule has 1 aromatic heterocycles. The summed E-state index contributed by atoms with van der Waals surface area (Å²) in [4.78, 5) is 1.36. The molecular weight excluding hydrogens is 290 g/mol. The maximum Gasteiger partial charge on any atom is 0.0847 e. The van der Waals surface area contributed by atoms with Gasteiger partial charge in [0.25, 0.3) is 0 Å². The molecule has 20 heavy (non-hydrogen) atoms. The predicted octanol–water partition coefficient (Wildman–Crippen LogP) is 2.97. The molecule has 0 amide bonds. The number of aromatic nitrogens is 2. The van der Waals surface area contributed by atoms with E-state index in [9.17, 15) is 0 Å². The average Bonchev–Trinajstić information content (AvgIpc) is 2.95. The number of halogens is 1. The van der Waals surface area contributed by atoms with E-state index in [1.165, 1.54) is 10.5 Å². The minimum absolute atomic E-state index is 0.0831. The zero-order chi connectivity index (χ0) is 14.3. The molecular formula is C15H18ClN3S. The average molecular weight is 308 g/mol. The Bertz CT molecular complexity index is 613. The molecule has 1 aliphatic rings. The van der Waals surface area contributed by atoms with Crippen LogP contribution in [0.4, 0.5) is 0 Å². The first-order chi connectivity index (χ1) is 9.56. The van der Waals surface area contributed by atoms with Crippen LogP contribution in [0.3, 0.4) is 0 Å². The van der Waals surface area contributed by atoms with Crippen molar-refractivity contribution in [3.8, 4) is 0 Å². The molecule has 0 fully saturated rings. The van der Waals surface area contributed by atoms with Gasteiger partial charge in [0.15, 0.2) is 0 Å². The molecule has 0 saturated heterocycles. The fourth-order valence-electron chi connectivity index (χ4n) is 2.70. The summed E-state index contributed by atoms with van der Waals surface area (Å²) in [5.74, 6) is 0. The Kier molecular flexibility index (Phi) is 3.80. The summed E-state index contributed by atoms with van der Waals surface area (Å²) in [6.07, 6.45) is 1.80. The summed E-state index contributed by atoms with van der Waals surface area (Å²) in [5.41, 5.74) is 9.73. The largest absolute Gasteiger partial charge is 0.326 e. The molecule has 0 saturated carbocycles. The summed E-state index contributed by atoms with van der Waals surface area (Å²) in [7, 11) is 1.93. The number of nitrogens with two attached hydrogens (primary N) is 1. The van der Waals surface area contributed by atoms with Crippen LogP contribution < -0.4 is 5.73 Å². The van der Waals surface area contributed by atoms with E-state index in [1.807, 2.05) is 30.4 Å². The van der Waals surface area contributed by atoms with Gasteiger partial charge in [-0.15, -0.1) is 11.8 Å². The van der Waals surface area contributed by atoms with Gasteiger partial charge in [-0.3, -0.25) is 4.68 Å². The zero-order valence-corrected chi connectivity index (χ0v) is 13.2. The maximum absolute atomic E-state index is 6.42. The molecule has 0 spiro atoms. The third-order valence-corrected chi connectivity index (χ3v) is 5.80. The maximum atomic E-state index is 6.42. The molecule has 2 unspecified atom stereocenters. The molecule has 2 N–H and O–H groups in total. The predicted molar refractivity (Wildman–Crippen MR) is 84.4 cm³/mol. The Hall–Kier alpha value is -0.970. The third kappa shape index (κ3) is 2.48. The zero-order valence-electron chi connectivity index (χ0n) is 11.6. The van der Waals surface area contributed by atoms with E-state index in [2.05, 4.69) is 29.4 Å². The van der Waals surface area contributed by atoms with Crippen LogP contribution in [0.1, 0.15) is 17.0 Å². The van der Waals surface area contributed by atoms with Crippen LogP contribution in [0.2, 0.25) is 5.02 Å². The molecule has 3 nitrogen and oxygen atoms in total. The van der Waals surface area contributed by atoms with Crippen LogP contribution in [0.5, 0.6) is 0 Å². The van der Waals surface area contributed by atoms with Gasteiger partial charge in [0.2, 0.25) is 0 Å². The smallest absolute Gasteiger partial charge is 0.0847 e. The van der Waals surface area contributed by atoms with Gasteiger partial charge in [0, 0.05) is 29.7 Å². The summed E-state index contributed by atoms with van der Waals surface area (Å²) in [5, 5.41) is 5.52. The molecule has 1 aliphatic heterocycles. The van der Waals surface area contributed by atoms with Crippen molar-refractivity contribution in [3.63, 3.8) is 0 Å². The number of nitrogens with zero attached hydrogens (tertiary/aromatic N) is 2. The third-order valence-electron chi connectivity index (χ3n) is 3.84. The molecule has 2 aromatic rings. The van der Waals surface area contributed by atoms with E-state index < -0.39 is 0 Å². The van der Waals surface area contributed by atoms with Gasteiger partial charge in [-0.25, -0.2) is 0 Å². The van der Waals surface area contributed by atoms with Gasteiger partial charge in [-0.05, 0) is 25.0 Å². The highest BCUT2D eigenvalue weighted by Crippen LogP contribution is 2.38. The lowest BCUT2D eigenvalue weighted by atomic mass is 10.0. The lowest BCUT2D eigenvalue weighted by Crippen LogP contribution is -2.35. The second-order valence-corrected chi connectivity index (χ2v) is 6.96. The highest BCUT2D eigenvalue weighted by molar-refractivity contribution is 8.00. The van der Waals surface area contributed by atoms with Crippen molar-refractivity contribution >= 4 is 23.4 Å². The quantitative estimate of drug-likeness (QED) is 0.948. The molecule has 0 aliphatic carbocycles. The first-order valence-corrected chi connectivity index (χ1v) is 8.00. The Morgan fingerprint density at radius 3 is 2.90 bits per heavy atom. The number of aryl methyl sites for hydroxylation is 2. The molecule has 106 valence electrons. The van der Waals surface area contributed by atoms with Crippen LogP contribution in [-0.4, -0.2) is 21.1 Å². The SMILES string of the molecule is Cc1nn(C)c(CC(N)C2Cc3ccccc3S2)c1Cl. The topological polar surface area (TPSA) is 43.8 Å². The van der Waals surface area contributed by atoms with Crippen molar-refractivity contribution < 1.29 is 0 Å². The summed E-state index contributed by atoms with van der Waals surface area (Å²) < 4.78 is 1.85. The van der Waals surface area contributed by atoms with Gasteiger partial charge in [0.1, 0.15) is 0 Å². The summed E-state index contributed by atoms with van der Waals surface area (Å²) in [6.45, 7) is 1.93. The fourth-order valence-corrected chi connectivity index (χ4v) is 4.26. The molecule has 1 aromatic carbocycles. The van der Waals surface area contributed by atoms with Gasteiger partial charge in [-0.2, -0.15) is 5.10 Å². The van der Waals surface area contributed by atoms with Gasteiger partial charge in [-0.1, -0.05) is 29.8 Å². The molecule has 0 radical (unpaired) electrons. The normalized spacial score (nSPS) is 19.1. The number of benzene rings is 1. The molecule has 2 heterocycles. The van der Waals surface area contributed by atoms with Crippen molar-refractivity contribution in [2.45, 2.75) is 36.0 Å². The van der Waals surface area contributed by atoms with Crippen LogP contribution >= 0.6 is 23.4 Å². The van der Waals surface area contributed by atoms with Crippen molar-refractivity contribution in [3.05, 3.63) is 46.2 Å². The monoisotopic (exact) mass is 307 g/mol. The molecule has 5 heteroatoms. The standard InChI is InChI=1S/C15H18ClN3S/c1-9-15(16)12(19(2)18-9)8-11(17)14-7-10-5-3-4-6-13(10)20-14/h3-6,11,14H,7-8,17H2,1-2H3. The Balaban J connectivity index is 1.74. The number of hydrogen-bond donors (Lipinski definition) is 1. The number of thioether (sulfide) groups is 1. The van der Waals surface area contributed by atoms with Crippen LogP contribution in [-0.2, 0) is 19.9 Å². The molecule has 2 atom stereocenters. The number of rotatable bonds is 3. The van der Waals surface area contributed by atoms with E-state index >= 15 is 0 Å². The number of fused-ring (bicyclic) bond motifs is 1. The Morgan fingerprint density at radius 2 is 2.25 bits per heavy atom. The van der Waals surface area contributed by atoms with E-state index in [0.717, 1.165) is 29.3 Å². The van der Waals surface area contributed by atoms with Crippen LogP contribution in [0, 0.1) is 6.92 Å². The lowest BCUT2D eigenvalue weighted by Gasteiger charge is -2.18. The summed E-state index contributed by atoms with van der Waals surface area (Å²) >= 11 is 8.19. The van der Waals surface area contributed by atoms with Crippen molar-refractivity contribution in [1.29, 1.82) is 0 Å². The van der Waals surface area contributed by atoms with E-state index in [4.69, 9.17) is 17.3 Å². The highest BCUT2D eigenvalue weighted by atomic mass is 35.5. The van der Waals surface area contributed by atoms with Crippen LogP contribution in [0.25, 0.3) is 0 Å². The molecule has 3 rings (SSSR count). The summed E-state index contributed by atoms with van der Waals surface area (Å²) in [6, 6.07) is 8.62. The van der Waals surface area contributed by atoms with Gasteiger partial charge >= 0.3 is 0 Å². The number of hydrogen-bond acceptors (Lipinski definition) is 3. The second kappa shape index (κ2) is 5.43. The Labute approximate surface area is 128 Å².